The minimum Gasteiger partial charge on any atom is -0.345 e. The van der Waals surface area contributed by atoms with Crippen LogP contribution >= 0.6 is 22.9 Å². The predicted molar refractivity (Wildman–Crippen MR) is 126 cm³/mol. The Hall–Kier alpha value is -2.56. The van der Waals surface area contributed by atoms with Crippen molar-refractivity contribution in [3.8, 4) is 0 Å². The zero-order valence-electron chi connectivity index (χ0n) is 18.6. The normalized spacial score (nSPS) is 22.8. The standard InChI is InChI=1S/C22H27ClN6O3S/c1-12-3-5-14(25-19(30)20(31)28-18-6-4-13(23)10-24-18)16(9-12)26-21(32)22-27-15-7-8-29(2)11-17(15)33-22/h4,6,10,12,14,16H,3,5,7-9,11H2,1-2H3,(H,25,30)(H,26,32)(H,24,28,31)/t12-,14-,16+/m0/s1. The summed E-state index contributed by atoms with van der Waals surface area (Å²) in [4.78, 5) is 49.7. The van der Waals surface area contributed by atoms with Crippen molar-refractivity contribution in [1.29, 1.82) is 0 Å². The third-order valence-corrected chi connectivity index (χ3v) is 7.34. The molecule has 11 heteroatoms. The Morgan fingerprint density at radius 1 is 1.15 bits per heavy atom. The monoisotopic (exact) mass is 490 g/mol. The molecule has 176 valence electrons. The van der Waals surface area contributed by atoms with Gasteiger partial charge in [0, 0.05) is 42.7 Å². The molecular formula is C22H27ClN6O3S. The van der Waals surface area contributed by atoms with Gasteiger partial charge >= 0.3 is 11.8 Å². The van der Waals surface area contributed by atoms with Gasteiger partial charge in [0.2, 0.25) is 0 Å². The SMILES string of the molecule is C[C@H]1CC[C@H](NC(=O)C(=O)Nc2ccc(Cl)cn2)[C@H](NC(=O)c2nc3c(s2)CN(C)CC3)C1. The lowest BCUT2D eigenvalue weighted by Crippen LogP contribution is -2.56. The molecule has 1 aliphatic heterocycles. The quantitative estimate of drug-likeness (QED) is 0.566. The molecular weight excluding hydrogens is 464 g/mol. The number of nitrogens with one attached hydrogen (secondary N) is 3. The van der Waals surface area contributed by atoms with Crippen LogP contribution in [0.2, 0.25) is 5.02 Å². The molecule has 2 aromatic rings. The van der Waals surface area contributed by atoms with Gasteiger partial charge in [-0.15, -0.1) is 11.3 Å². The number of carbonyl (C=O) groups excluding carboxylic acids is 3. The first-order valence-electron chi connectivity index (χ1n) is 11.0. The van der Waals surface area contributed by atoms with E-state index in [2.05, 4.69) is 44.8 Å². The Morgan fingerprint density at radius 3 is 2.73 bits per heavy atom. The van der Waals surface area contributed by atoms with Crippen LogP contribution in [0.3, 0.4) is 0 Å². The highest BCUT2D eigenvalue weighted by atomic mass is 35.5. The van der Waals surface area contributed by atoms with E-state index in [-0.39, 0.29) is 23.8 Å². The molecule has 0 spiro atoms. The summed E-state index contributed by atoms with van der Waals surface area (Å²) in [5.74, 6) is -1.18. The second kappa shape index (κ2) is 10.1. The van der Waals surface area contributed by atoms with Crippen LogP contribution in [0.1, 0.15) is 46.6 Å². The summed E-state index contributed by atoms with van der Waals surface area (Å²) in [6.07, 6.45) is 4.51. The molecule has 1 fully saturated rings. The number of carbonyl (C=O) groups is 3. The number of likely N-dealkylation sites (N-methyl/N-ethyl adjacent to an activating group) is 1. The van der Waals surface area contributed by atoms with E-state index in [1.54, 1.807) is 6.07 Å². The summed E-state index contributed by atoms with van der Waals surface area (Å²) in [6, 6.07) is 2.46. The van der Waals surface area contributed by atoms with Crippen molar-refractivity contribution in [2.45, 2.75) is 51.2 Å². The molecule has 1 aliphatic carbocycles. The average Bonchev–Trinajstić information content (AvgIpc) is 3.20. The lowest BCUT2D eigenvalue weighted by Gasteiger charge is -2.35. The van der Waals surface area contributed by atoms with Gasteiger partial charge in [0.1, 0.15) is 5.82 Å². The van der Waals surface area contributed by atoms with Gasteiger partial charge in [-0.1, -0.05) is 18.5 Å². The highest BCUT2D eigenvalue weighted by Crippen LogP contribution is 2.27. The van der Waals surface area contributed by atoms with Crippen LogP contribution in [0.4, 0.5) is 5.82 Å². The zero-order chi connectivity index (χ0) is 23.5. The molecule has 33 heavy (non-hydrogen) atoms. The first-order valence-corrected chi connectivity index (χ1v) is 12.2. The summed E-state index contributed by atoms with van der Waals surface area (Å²) < 4.78 is 0. The van der Waals surface area contributed by atoms with Crippen molar-refractivity contribution in [2.24, 2.45) is 5.92 Å². The van der Waals surface area contributed by atoms with Gasteiger partial charge in [-0.05, 0) is 44.4 Å². The number of thiazole rings is 1. The van der Waals surface area contributed by atoms with E-state index in [4.69, 9.17) is 11.6 Å². The zero-order valence-corrected chi connectivity index (χ0v) is 20.1. The van der Waals surface area contributed by atoms with Crippen LogP contribution in [0, 0.1) is 5.92 Å². The first kappa shape index (κ1) is 23.6. The van der Waals surface area contributed by atoms with Gasteiger partial charge in [0.05, 0.1) is 10.7 Å². The van der Waals surface area contributed by atoms with Crippen molar-refractivity contribution in [2.75, 3.05) is 18.9 Å². The molecule has 2 aromatic heterocycles. The van der Waals surface area contributed by atoms with Crippen molar-refractivity contribution in [3.63, 3.8) is 0 Å². The Balaban J connectivity index is 1.39. The number of pyridine rings is 1. The fraction of sp³-hybridized carbons (Fsp3) is 0.500. The van der Waals surface area contributed by atoms with Gasteiger partial charge in [-0.25, -0.2) is 9.97 Å². The molecule has 0 saturated heterocycles. The fourth-order valence-electron chi connectivity index (χ4n) is 4.22. The largest absolute Gasteiger partial charge is 0.345 e. The summed E-state index contributed by atoms with van der Waals surface area (Å²) >= 11 is 7.22. The molecule has 1 saturated carbocycles. The number of nitrogens with zero attached hydrogens (tertiary/aromatic N) is 3. The number of hydrogen-bond acceptors (Lipinski definition) is 7. The maximum absolute atomic E-state index is 13.0. The number of aromatic nitrogens is 2. The average molecular weight is 491 g/mol. The van der Waals surface area contributed by atoms with Crippen LogP contribution in [-0.4, -0.2) is 58.3 Å². The molecule has 3 atom stereocenters. The van der Waals surface area contributed by atoms with E-state index in [9.17, 15) is 14.4 Å². The topological polar surface area (TPSA) is 116 Å². The number of hydrogen-bond donors (Lipinski definition) is 3. The predicted octanol–water partition coefficient (Wildman–Crippen LogP) is 2.22. The number of rotatable bonds is 4. The molecule has 0 radical (unpaired) electrons. The van der Waals surface area contributed by atoms with Crippen LogP contribution < -0.4 is 16.0 Å². The Morgan fingerprint density at radius 2 is 1.97 bits per heavy atom. The van der Waals surface area contributed by atoms with E-state index >= 15 is 0 Å². The lowest BCUT2D eigenvalue weighted by molar-refractivity contribution is -0.136. The number of fused-ring (bicyclic) bond motifs is 1. The highest BCUT2D eigenvalue weighted by molar-refractivity contribution is 7.13. The molecule has 3 amide bonds. The molecule has 2 aliphatic rings. The maximum Gasteiger partial charge on any atom is 0.314 e. The third-order valence-electron chi connectivity index (χ3n) is 6.04. The maximum atomic E-state index is 13.0. The van der Waals surface area contributed by atoms with Crippen LogP contribution in [-0.2, 0) is 22.6 Å². The molecule has 3 N–H and O–H groups in total. The van der Waals surface area contributed by atoms with Crippen molar-refractivity contribution >= 4 is 46.5 Å². The molecule has 0 unspecified atom stereocenters. The number of amides is 3. The Bertz CT molecular complexity index is 1040. The first-order chi connectivity index (χ1) is 15.8. The summed E-state index contributed by atoms with van der Waals surface area (Å²) in [5.41, 5.74) is 0.998. The summed E-state index contributed by atoms with van der Waals surface area (Å²) in [7, 11) is 2.05. The van der Waals surface area contributed by atoms with E-state index in [0.29, 0.717) is 28.8 Å². The number of halogens is 1. The second-order valence-corrected chi connectivity index (χ2v) is 10.3. The van der Waals surface area contributed by atoms with Crippen molar-refractivity contribution in [3.05, 3.63) is 38.9 Å². The minimum absolute atomic E-state index is 0.231. The van der Waals surface area contributed by atoms with Gasteiger partial charge in [-0.2, -0.15) is 0 Å². The van der Waals surface area contributed by atoms with Crippen LogP contribution in [0.15, 0.2) is 18.3 Å². The van der Waals surface area contributed by atoms with Gasteiger partial charge in [0.25, 0.3) is 5.91 Å². The van der Waals surface area contributed by atoms with Gasteiger partial charge < -0.3 is 20.9 Å². The van der Waals surface area contributed by atoms with E-state index in [1.807, 2.05) is 0 Å². The van der Waals surface area contributed by atoms with Gasteiger partial charge in [-0.3, -0.25) is 14.4 Å². The van der Waals surface area contributed by atoms with Crippen LogP contribution in [0.25, 0.3) is 0 Å². The second-order valence-electron chi connectivity index (χ2n) is 8.77. The van der Waals surface area contributed by atoms with Crippen molar-refractivity contribution in [1.82, 2.24) is 25.5 Å². The Labute approximate surface area is 201 Å². The highest BCUT2D eigenvalue weighted by Gasteiger charge is 2.33. The lowest BCUT2D eigenvalue weighted by atomic mass is 9.83. The molecule has 0 bridgehead atoms. The third kappa shape index (κ3) is 5.87. The molecule has 0 aromatic carbocycles. The van der Waals surface area contributed by atoms with Crippen molar-refractivity contribution < 1.29 is 14.4 Å². The van der Waals surface area contributed by atoms with E-state index in [1.165, 1.54) is 23.6 Å². The van der Waals surface area contributed by atoms with E-state index < -0.39 is 11.8 Å². The van der Waals surface area contributed by atoms with E-state index in [0.717, 1.165) is 36.5 Å². The van der Waals surface area contributed by atoms with Gasteiger partial charge in [0.15, 0.2) is 5.01 Å². The molecule has 3 heterocycles. The number of anilines is 1. The summed E-state index contributed by atoms with van der Waals surface area (Å²) in [5, 5.41) is 9.19. The molecule has 9 nitrogen and oxygen atoms in total. The minimum atomic E-state index is -0.815. The summed E-state index contributed by atoms with van der Waals surface area (Å²) in [6.45, 7) is 3.85. The fourth-order valence-corrected chi connectivity index (χ4v) is 5.42. The smallest absolute Gasteiger partial charge is 0.314 e. The molecule has 4 rings (SSSR count). The Kier molecular flexibility index (Phi) is 7.26. The van der Waals surface area contributed by atoms with Crippen LogP contribution in [0.5, 0.6) is 0 Å².